The smallest absolute Gasteiger partial charge is 0.305 e. The molecule has 2 rings (SSSR count). The Labute approximate surface area is 181 Å². The topological polar surface area (TPSA) is 98.6 Å². The lowest BCUT2D eigenvalue weighted by atomic mass is 10.2. The average Bonchev–Trinajstić information content (AvgIpc) is 3.00. The Kier molecular flexibility index (Phi) is 8.22. The SMILES string of the molecule is COC(=O)CCCn1c(C)cc(C(=O)CSc2ccc(S(=O)(=O)N(C)C)cn2)c1C. The minimum Gasteiger partial charge on any atom is -0.469 e. The molecular weight excluding hydrogens is 426 g/mol. The molecule has 164 valence electrons. The van der Waals surface area contributed by atoms with E-state index in [1.165, 1.54) is 45.2 Å². The van der Waals surface area contributed by atoms with E-state index in [9.17, 15) is 18.0 Å². The van der Waals surface area contributed by atoms with Crippen molar-refractivity contribution in [2.45, 2.75) is 43.2 Å². The minimum atomic E-state index is -3.53. The van der Waals surface area contributed by atoms with E-state index in [-0.39, 0.29) is 22.4 Å². The fourth-order valence-electron chi connectivity index (χ4n) is 2.94. The third kappa shape index (κ3) is 5.71. The van der Waals surface area contributed by atoms with Crippen molar-refractivity contribution in [2.75, 3.05) is 27.0 Å². The van der Waals surface area contributed by atoms with Crippen molar-refractivity contribution in [3.63, 3.8) is 0 Å². The Morgan fingerprint density at radius 2 is 1.93 bits per heavy atom. The average molecular weight is 454 g/mol. The number of thioether (sulfide) groups is 1. The lowest BCUT2D eigenvalue weighted by molar-refractivity contribution is -0.140. The van der Waals surface area contributed by atoms with Crippen LogP contribution in [0, 0.1) is 13.8 Å². The Morgan fingerprint density at radius 3 is 2.50 bits per heavy atom. The van der Waals surface area contributed by atoms with Crippen LogP contribution in [0.4, 0.5) is 0 Å². The van der Waals surface area contributed by atoms with E-state index >= 15 is 0 Å². The van der Waals surface area contributed by atoms with Crippen molar-refractivity contribution >= 4 is 33.5 Å². The van der Waals surface area contributed by atoms with Crippen LogP contribution in [0.5, 0.6) is 0 Å². The van der Waals surface area contributed by atoms with Crippen molar-refractivity contribution in [1.82, 2.24) is 13.9 Å². The fraction of sp³-hybridized carbons (Fsp3) is 0.450. The summed E-state index contributed by atoms with van der Waals surface area (Å²) in [6.07, 6.45) is 2.27. The highest BCUT2D eigenvalue weighted by atomic mass is 32.2. The van der Waals surface area contributed by atoms with Gasteiger partial charge in [-0.25, -0.2) is 17.7 Å². The molecule has 0 fully saturated rings. The van der Waals surface area contributed by atoms with Gasteiger partial charge in [-0.15, -0.1) is 0 Å². The van der Waals surface area contributed by atoms with E-state index in [1.807, 2.05) is 24.5 Å². The Morgan fingerprint density at radius 1 is 1.23 bits per heavy atom. The molecular formula is C20H27N3O5S2. The van der Waals surface area contributed by atoms with Crippen molar-refractivity contribution in [3.8, 4) is 0 Å². The number of Topliss-reactive ketones (excluding diaryl/α,β-unsaturated/α-hetero) is 1. The fourth-order valence-corrected chi connectivity index (χ4v) is 4.52. The molecule has 30 heavy (non-hydrogen) atoms. The maximum atomic E-state index is 12.7. The van der Waals surface area contributed by atoms with Gasteiger partial charge in [0.1, 0.15) is 4.90 Å². The molecule has 10 heteroatoms. The predicted molar refractivity (Wildman–Crippen MR) is 115 cm³/mol. The molecule has 8 nitrogen and oxygen atoms in total. The number of esters is 1. The van der Waals surface area contributed by atoms with E-state index in [0.717, 1.165) is 15.7 Å². The van der Waals surface area contributed by atoms with Gasteiger partial charge in [0.2, 0.25) is 10.0 Å². The summed E-state index contributed by atoms with van der Waals surface area (Å²) in [5, 5.41) is 0.577. The third-order valence-corrected chi connectivity index (χ3v) is 7.45. The second-order valence-corrected chi connectivity index (χ2v) is 10.1. The molecule has 0 aromatic carbocycles. The second-order valence-electron chi connectivity index (χ2n) is 6.95. The molecule has 2 aromatic heterocycles. The largest absolute Gasteiger partial charge is 0.469 e. The van der Waals surface area contributed by atoms with Gasteiger partial charge in [-0.3, -0.25) is 9.59 Å². The number of rotatable bonds is 10. The van der Waals surface area contributed by atoms with E-state index < -0.39 is 10.0 Å². The highest BCUT2D eigenvalue weighted by Gasteiger charge is 2.19. The Hall–Kier alpha value is -2.17. The number of nitrogens with zero attached hydrogens (tertiary/aromatic N) is 3. The first-order chi connectivity index (χ1) is 14.1. The summed E-state index contributed by atoms with van der Waals surface area (Å²) in [5.74, 6) is -0.0830. The molecule has 0 saturated heterocycles. The summed E-state index contributed by atoms with van der Waals surface area (Å²) >= 11 is 1.26. The number of hydrogen-bond acceptors (Lipinski definition) is 7. The summed E-state index contributed by atoms with van der Waals surface area (Å²) in [7, 11) is 0.762. The van der Waals surface area contributed by atoms with E-state index in [0.29, 0.717) is 30.0 Å². The van der Waals surface area contributed by atoms with Crippen LogP contribution in [0.3, 0.4) is 0 Å². The normalized spacial score (nSPS) is 11.7. The first-order valence-electron chi connectivity index (χ1n) is 9.36. The first kappa shape index (κ1) is 24.1. The maximum absolute atomic E-state index is 12.7. The van der Waals surface area contributed by atoms with Gasteiger partial charge in [0, 0.05) is 50.2 Å². The molecule has 0 unspecified atom stereocenters. The number of carbonyl (C=O) groups excluding carboxylic acids is 2. The van der Waals surface area contributed by atoms with Crippen molar-refractivity contribution < 1.29 is 22.7 Å². The third-order valence-electron chi connectivity index (χ3n) is 4.70. The summed E-state index contributed by atoms with van der Waals surface area (Å²) in [6, 6.07) is 4.95. The van der Waals surface area contributed by atoms with E-state index in [1.54, 1.807) is 6.07 Å². The maximum Gasteiger partial charge on any atom is 0.305 e. The van der Waals surface area contributed by atoms with Gasteiger partial charge in [0.15, 0.2) is 5.78 Å². The van der Waals surface area contributed by atoms with Crippen LogP contribution in [0.2, 0.25) is 0 Å². The molecule has 0 amide bonds. The zero-order chi connectivity index (χ0) is 22.5. The lowest BCUT2D eigenvalue weighted by Gasteiger charge is -2.11. The molecule has 0 aliphatic carbocycles. The van der Waals surface area contributed by atoms with Crippen molar-refractivity contribution in [3.05, 3.63) is 41.3 Å². The zero-order valence-corrected chi connectivity index (χ0v) is 19.5. The van der Waals surface area contributed by atoms with Gasteiger partial charge >= 0.3 is 5.97 Å². The van der Waals surface area contributed by atoms with Gasteiger partial charge < -0.3 is 9.30 Å². The summed E-state index contributed by atoms with van der Waals surface area (Å²) in [4.78, 5) is 28.3. The van der Waals surface area contributed by atoms with E-state index in [2.05, 4.69) is 9.72 Å². The molecule has 0 spiro atoms. The van der Waals surface area contributed by atoms with Crippen LogP contribution in [0.25, 0.3) is 0 Å². The minimum absolute atomic E-state index is 0.0286. The highest BCUT2D eigenvalue weighted by molar-refractivity contribution is 7.99. The van der Waals surface area contributed by atoms with Gasteiger partial charge in [0.25, 0.3) is 0 Å². The number of sulfonamides is 1. The number of carbonyl (C=O) groups is 2. The number of hydrogen-bond donors (Lipinski definition) is 0. The predicted octanol–water partition coefficient (Wildman–Crippen LogP) is 2.68. The number of ether oxygens (including phenoxy) is 1. The number of ketones is 1. The molecule has 2 heterocycles. The summed E-state index contributed by atoms with van der Waals surface area (Å²) in [5.41, 5.74) is 2.47. The van der Waals surface area contributed by atoms with Crippen LogP contribution in [-0.4, -0.2) is 61.0 Å². The number of aromatic nitrogens is 2. The summed E-state index contributed by atoms with van der Waals surface area (Å²) < 4.78 is 32.0. The first-order valence-corrected chi connectivity index (χ1v) is 11.8. The quantitative estimate of drug-likeness (QED) is 0.310. The van der Waals surface area contributed by atoms with E-state index in [4.69, 9.17) is 0 Å². The zero-order valence-electron chi connectivity index (χ0n) is 17.8. The number of methoxy groups -OCH3 is 1. The second kappa shape index (κ2) is 10.2. The van der Waals surface area contributed by atoms with Gasteiger partial charge in [0.05, 0.1) is 17.9 Å². The molecule has 0 saturated carbocycles. The molecule has 0 aliphatic rings. The molecule has 0 aliphatic heterocycles. The molecule has 0 bridgehead atoms. The van der Waals surface area contributed by atoms with Crippen molar-refractivity contribution in [1.29, 1.82) is 0 Å². The van der Waals surface area contributed by atoms with Crippen LogP contribution in [0.1, 0.15) is 34.6 Å². The Bertz CT molecular complexity index is 1010. The van der Waals surface area contributed by atoms with Gasteiger partial charge in [-0.1, -0.05) is 11.8 Å². The van der Waals surface area contributed by atoms with Crippen LogP contribution < -0.4 is 0 Å². The van der Waals surface area contributed by atoms with Crippen molar-refractivity contribution in [2.24, 2.45) is 0 Å². The van der Waals surface area contributed by atoms with Gasteiger partial charge in [-0.05, 0) is 38.5 Å². The number of aryl methyl sites for hydroxylation is 1. The molecule has 0 radical (unpaired) electrons. The number of pyridine rings is 1. The van der Waals surface area contributed by atoms with Crippen LogP contribution in [-0.2, 0) is 26.1 Å². The summed E-state index contributed by atoms with van der Waals surface area (Å²) in [6.45, 7) is 4.46. The Balaban J connectivity index is 2.01. The monoisotopic (exact) mass is 453 g/mol. The highest BCUT2D eigenvalue weighted by Crippen LogP contribution is 2.22. The van der Waals surface area contributed by atoms with Crippen LogP contribution >= 0.6 is 11.8 Å². The molecule has 2 aromatic rings. The lowest BCUT2D eigenvalue weighted by Crippen LogP contribution is -2.22. The standard InChI is InChI=1S/C20H27N3O5S2/c1-14-11-17(15(2)23(14)10-6-7-20(25)28-5)18(24)13-29-19-9-8-16(12-21-19)30(26,27)22(3)4/h8-9,11-12H,6-7,10,13H2,1-5H3. The van der Waals surface area contributed by atoms with Crippen LogP contribution in [0.15, 0.2) is 34.3 Å². The van der Waals surface area contributed by atoms with Gasteiger partial charge in [-0.2, -0.15) is 0 Å². The molecule has 0 N–H and O–H groups in total. The molecule has 0 atom stereocenters.